The maximum absolute atomic E-state index is 11.4. The molecule has 0 saturated carbocycles. The van der Waals surface area contributed by atoms with Gasteiger partial charge in [0.25, 0.3) is 0 Å². The third kappa shape index (κ3) is 2.05. The summed E-state index contributed by atoms with van der Waals surface area (Å²) in [7, 11) is 1.78. The van der Waals surface area contributed by atoms with Gasteiger partial charge in [-0.2, -0.15) is 5.10 Å². The average Bonchev–Trinajstić information content (AvgIpc) is 2.64. The van der Waals surface area contributed by atoms with Crippen molar-refractivity contribution in [3.63, 3.8) is 0 Å². The van der Waals surface area contributed by atoms with Crippen LogP contribution in [0.15, 0.2) is 12.4 Å². The second kappa shape index (κ2) is 3.96. The molecule has 1 aromatic rings. The fourth-order valence-corrected chi connectivity index (χ4v) is 1.93. The zero-order valence-corrected chi connectivity index (χ0v) is 8.88. The molecule has 2 atom stereocenters. The normalized spacial score (nSPS) is 25.2. The predicted octanol–water partition coefficient (Wildman–Crippen LogP) is 0.0720. The number of hydrogen-bond donors (Lipinski definition) is 2. The van der Waals surface area contributed by atoms with Gasteiger partial charge in [0, 0.05) is 25.2 Å². The van der Waals surface area contributed by atoms with Gasteiger partial charge >= 0.3 is 5.97 Å². The van der Waals surface area contributed by atoms with Crippen molar-refractivity contribution in [2.24, 2.45) is 13.0 Å². The van der Waals surface area contributed by atoms with Gasteiger partial charge in [0.05, 0.1) is 18.2 Å². The lowest BCUT2D eigenvalue weighted by atomic mass is 9.89. The highest BCUT2D eigenvalue weighted by Gasteiger charge is 2.32. The Morgan fingerprint density at radius 1 is 1.69 bits per heavy atom. The minimum atomic E-state index is -0.913. The maximum atomic E-state index is 11.4. The Morgan fingerprint density at radius 2 is 2.44 bits per heavy atom. The van der Waals surface area contributed by atoms with Crippen LogP contribution in [0.2, 0.25) is 0 Å². The quantitative estimate of drug-likeness (QED) is 0.743. The molecular formula is C10H13N3O3. The molecule has 86 valence electrons. The first-order valence-corrected chi connectivity index (χ1v) is 5.07. The number of aliphatic carboxylic acids is 1. The number of nitrogens with zero attached hydrogens (tertiary/aromatic N) is 2. The second-order valence-corrected chi connectivity index (χ2v) is 4.04. The first-order chi connectivity index (χ1) is 7.56. The highest BCUT2D eigenvalue weighted by Crippen LogP contribution is 2.27. The number of aromatic nitrogens is 2. The van der Waals surface area contributed by atoms with E-state index < -0.39 is 11.9 Å². The smallest absolute Gasteiger partial charge is 0.307 e. The van der Waals surface area contributed by atoms with Gasteiger partial charge in [0.2, 0.25) is 5.91 Å². The lowest BCUT2D eigenvalue weighted by Crippen LogP contribution is -2.39. The number of carboxylic acids is 1. The van der Waals surface area contributed by atoms with Crippen molar-refractivity contribution < 1.29 is 14.7 Å². The highest BCUT2D eigenvalue weighted by atomic mass is 16.4. The van der Waals surface area contributed by atoms with E-state index in [-0.39, 0.29) is 18.4 Å². The number of rotatable bonds is 2. The summed E-state index contributed by atoms with van der Waals surface area (Å²) in [6.07, 6.45) is 3.92. The van der Waals surface area contributed by atoms with E-state index in [1.165, 1.54) is 0 Å². The van der Waals surface area contributed by atoms with Gasteiger partial charge < -0.3 is 10.4 Å². The molecule has 16 heavy (non-hydrogen) atoms. The van der Waals surface area contributed by atoms with Crippen LogP contribution in [0.3, 0.4) is 0 Å². The number of carboxylic acid groups (broad SMARTS) is 1. The molecule has 2 rings (SSSR count). The number of nitrogens with one attached hydrogen (secondary N) is 1. The summed E-state index contributed by atoms with van der Waals surface area (Å²) < 4.78 is 1.63. The number of amides is 1. The van der Waals surface area contributed by atoms with Crippen LogP contribution in [-0.4, -0.2) is 26.8 Å². The molecule has 2 N–H and O–H groups in total. The molecule has 1 aromatic heterocycles. The van der Waals surface area contributed by atoms with Crippen LogP contribution in [0, 0.1) is 5.92 Å². The van der Waals surface area contributed by atoms with Crippen molar-refractivity contribution in [1.82, 2.24) is 15.1 Å². The van der Waals surface area contributed by atoms with Crippen molar-refractivity contribution in [3.8, 4) is 0 Å². The lowest BCUT2D eigenvalue weighted by molar-refractivity contribution is -0.146. The van der Waals surface area contributed by atoms with Gasteiger partial charge in [-0.1, -0.05) is 0 Å². The third-order valence-corrected chi connectivity index (χ3v) is 2.76. The van der Waals surface area contributed by atoms with Crippen LogP contribution < -0.4 is 5.32 Å². The summed E-state index contributed by atoms with van der Waals surface area (Å²) in [5.74, 6) is -1.73. The summed E-state index contributed by atoms with van der Waals surface area (Å²) in [5, 5.41) is 15.7. The molecule has 6 nitrogen and oxygen atoms in total. The minimum absolute atomic E-state index is 0.0616. The SMILES string of the molecule is Cn1cc([C@@H]2C[C@H](C(=O)O)CC(=O)N2)cn1. The largest absolute Gasteiger partial charge is 0.481 e. The Hall–Kier alpha value is -1.85. The van der Waals surface area contributed by atoms with E-state index in [1.54, 1.807) is 24.1 Å². The van der Waals surface area contributed by atoms with Crippen molar-refractivity contribution in [2.75, 3.05) is 0 Å². The number of carbonyl (C=O) groups is 2. The first-order valence-electron chi connectivity index (χ1n) is 5.07. The third-order valence-electron chi connectivity index (χ3n) is 2.76. The standard InChI is InChI=1S/C10H13N3O3/c1-13-5-7(4-11-13)8-2-6(10(15)16)3-9(14)12-8/h4-6,8H,2-3H2,1H3,(H,12,14)(H,15,16)/t6-,8-/m0/s1. The van der Waals surface area contributed by atoms with E-state index in [4.69, 9.17) is 5.11 Å². The highest BCUT2D eigenvalue weighted by molar-refractivity contribution is 5.84. The van der Waals surface area contributed by atoms with Crippen LogP contribution in [0.25, 0.3) is 0 Å². The van der Waals surface area contributed by atoms with Crippen molar-refractivity contribution >= 4 is 11.9 Å². The molecule has 0 aliphatic carbocycles. The van der Waals surface area contributed by atoms with Crippen molar-refractivity contribution in [1.29, 1.82) is 0 Å². The molecule has 1 aliphatic heterocycles. The molecule has 0 spiro atoms. The topological polar surface area (TPSA) is 84.2 Å². The molecule has 0 bridgehead atoms. The van der Waals surface area contributed by atoms with E-state index in [2.05, 4.69) is 10.4 Å². The molecule has 0 unspecified atom stereocenters. The number of hydrogen-bond acceptors (Lipinski definition) is 3. The molecule has 6 heteroatoms. The fraction of sp³-hybridized carbons (Fsp3) is 0.500. The van der Waals surface area contributed by atoms with Gasteiger partial charge in [0.1, 0.15) is 0 Å². The molecule has 1 fully saturated rings. The van der Waals surface area contributed by atoms with E-state index in [0.29, 0.717) is 6.42 Å². The summed E-state index contributed by atoms with van der Waals surface area (Å²) in [6.45, 7) is 0. The molecular weight excluding hydrogens is 210 g/mol. The van der Waals surface area contributed by atoms with Gasteiger partial charge in [-0.05, 0) is 6.42 Å². The molecule has 1 saturated heterocycles. The van der Waals surface area contributed by atoms with Crippen LogP contribution >= 0.6 is 0 Å². The van der Waals surface area contributed by atoms with Crippen LogP contribution in [0.4, 0.5) is 0 Å². The minimum Gasteiger partial charge on any atom is -0.481 e. The van der Waals surface area contributed by atoms with Gasteiger partial charge in [-0.3, -0.25) is 14.3 Å². The number of carbonyl (C=O) groups excluding carboxylic acids is 1. The number of piperidine rings is 1. The molecule has 2 heterocycles. The Balaban J connectivity index is 2.16. The van der Waals surface area contributed by atoms with Crippen LogP contribution in [-0.2, 0) is 16.6 Å². The van der Waals surface area contributed by atoms with Gasteiger partial charge in [-0.15, -0.1) is 0 Å². The monoisotopic (exact) mass is 223 g/mol. The van der Waals surface area contributed by atoms with Crippen molar-refractivity contribution in [3.05, 3.63) is 18.0 Å². The summed E-state index contributed by atoms with van der Waals surface area (Å²) >= 11 is 0. The Bertz CT molecular complexity index is 427. The van der Waals surface area contributed by atoms with Gasteiger partial charge in [-0.25, -0.2) is 0 Å². The average molecular weight is 223 g/mol. The number of aryl methyl sites for hydroxylation is 1. The molecule has 1 amide bonds. The Morgan fingerprint density at radius 3 is 3.00 bits per heavy atom. The zero-order valence-electron chi connectivity index (χ0n) is 8.88. The second-order valence-electron chi connectivity index (χ2n) is 4.04. The maximum Gasteiger partial charge on any atom is 0.307 e. The predicted molar refractivity (Wildman–Crippen MR) is 54.5 cm³/mol. The lowest BCUT2D eigenvalue weighted by Gasteiger charge is -2.26. The van der Waals surface area contributed by atoms with Crippen LogP contribution in [0.5, 0.6) is 0 Å². The molecule has 1 aliphatic rings. The van der Waals surface area contributed by atoms with E-state index in [1.807, 2.05) is 0 Å². The Kier molecular flexibility index (Phi) is 2.64. The van der Waals surface area contributed by atoms with Crippen LogP contribution in [0.1, 0.15) is 24.4 Å². The summed E-state index contributed by atoms with van der Waals surface area (Å²) in [6, 6.07) is -0.240. The van der Waals surface area contributed by atoms with E-state index in [9.17, 15) is 9.59 Å². The van der Waals surface area contributed by atoms with Crippen molar-refractivity contribution in [2.45, 2.75) is 18.9 Å². The van der Waals surface area contributed by atoms with E-state index in [0.717, 1.165) is 5.56 Å². The molecule has 0 radical (unpaired) electrons. The Labute approximate surface area is 92.3 Å². The first kappa shape index (κ1) is 10.7. The zero-order chi connectivity index (χ0) is 11.7. The summed E-state index contributed by atoms with van der Waals surface area (Å²) in [5.41, 5.74) is 0.849. The van der Waals surface area contributed by atoms with E-state index >= 15 is 0 Å². The fourth-order valence-electron chi connectivity index (χ4n) is 1.93. The van der Waals surface area contributed by atoms with Gasteiger partial charge in [0.15, 0.2) is 0 Å². The summed E-state index contributed by atoms with van der Waals surface area (Å²) in [4.78, 5) is 22.2. The molecule has 0 aromatic carbocycles.